The molecule has 0 bridgehead atoms. The summed E-state index contributed by atoms with van der Waals surface area (Å²) in [5, 5.41) is 7.54. The smallest absolute Gasteiger partial charge is 0.266 e. The topological polar surface area (TPSA) is 57.4 Å². The molecule has 2 aliphatic rings. The molecule has 0 aromatic carbocycles. The van der Waals surface area contributed by atoms with Crippen molar-refractivity contribution >= 4 is 5.95 Å². The maximum absolute atomic E-state index is 5.52. The molecule has 0 amide bonds. The summed E-state index contributed by atoms with van der Waals surface area (Å²) < 4.78 is 5.52. The number of nitrogens with one attached hydrogen (secondary N) is 1. The first-order valence-electron chi connectivity index (χ1n) is 7.70. The van der Waals surface area contributed by atoms with Gasteiger partial charge in [0.15, 0.2) is 0 Å². The van der Waals surface area contributed by atoms with Crippen LogP contribution < -0.4 is 10.2 Å². The lowest BCUT2D eigenvalue weighted by atomic mass is 9.86. The quantitative estimate of drug-likeness (QED) is 0.893. The lowest BCUT2D eigenvalue weighted by Gasteiger charge is -2.31. The first-order chi connectivity index (χ1) is 9.76. The summed E-state index contributed by atoms with van der Waals surface area (Å²) in [6, 6.07) is 0.659. The molecule has 0 unspecified atom stereocenters. The van der Waals surface area contributed by atoms with E-state index in [1.54, 1.807) is 0 Å². The van der Waals surface area contributed by atoms with Crippen LogP contribution in [-0.2, 0) is 0 Å². The van der Waals surface area contributed by atoms with Gasteiger partial charge in [0.1, 0.15) is 0 Å². The third-order valence-electron chi connectivity index (χ3n) is 4.70. The number of hydrogen-bond acceptors (Lipinski definition) is 6. The Morgan fingerprint density at radius 2 is 1.80 bits per heavy atom. The zero-order valence-electron chi connectivity index (χ0n) is 12.5. The van der Waals surface area contributed by atoms with Crippen molar-refractivity contribution in [3.05, 3.63) is 5.89 Å². The summed E-state index contributed by atoms with van der Waals surface area (Å²) in [7, 11) is 4.20. The van der Waals surface area contributed by atoms with Crippen molar-refractivity contribution < 1.29 is 4.52 Å². The molecule has 0 atom stereocenters. The average Bonchev–Trinajstić information content (AvgIpc) is 2.98. The van der Waals surface area contributed by atoms with E-state index >= 15 is 0 Å². The Hall–Kier alpha value is -1.14. The molecule has 0 radical (unpaired) electrons. The summed E-state index contributed by atoms with van der Waals surface area (Å²) in [4.78, 5) is 9.20. The van der Waals surface area contributed by atoms with E-state index in [1.807, 2.05) is 7.05 Å². The van der Waals surface area contributed by atoms with Crippen LogP contribution in [0.1, 0.15) is 37.5 Å². The van der Waals surface area contributed by atoms with Gasteiger partial charge in [-0.15, -0.1) is 0 Å². The van der Waals surface area contributed by atoms with Crippen LogP contribution in [0.2, 0.25) is 0 Å². The maximum Gasteiger partial charge on any atom is 0.266 e. The fourth-order valence-electron chi connectivity index (χ4n) is 3.16. The van der Waals surface area contributed by atoms with Crippen LogP contribution in [0.3, 0.4) is 0 Å². The minimum atomic E-state index is 0.452. The van der Waals surface area contributed by atoms with E-state index in [0.29, 0.717) is 12.0 Å². The Balaban J connectivity index is 1.59. The molecule has 1 aliphatic carbocycles. The van der Waals surface area contributed by atoms with Crippen LogP contribution in [-0.4, -0.2) is 61.4 Å². The van der Waals surface area contributed by atoms with Crippen molar-refractivity contribution in [1.29, 1.82) is 0 Å². The van der Waals surface area contributed by atoms with Crippen molar-refractivity contribution in [1.82, 2.24) is 20.4 Å². The largest absolute Gasteiger partial charge is 0.337 e. The van der Waals surface area contributed by atoms with Crippen LogP contribution in [0, 0.1) is 0 Å². The predicted molar refractivity (Wildman–Crippen MR) is 78.1 cm³/mol. The number of anilines is 1. The molecule has 6 heteroatoms. The third-order valence-corrected chi connectivity index (χ3v) is 4.70. The van der Waals surface area contributed by atoms with Crippen LogP contribution in [0.4, 0.5) is 5.95 Å². The molecule has 1 N–H and O–H groups in total. The van der Waals surface area contributed by atoms with Gasteiger partial charge in [-0.1, -0.05) is 0 Å². The van der Waals surface area contributed by atoms with Gasteiger partial charge in [-0.05, 0) is 44.9 Å². The lowest BCUT2D eigenvalue weighted by Crippen LogP contribution is -2.44. The Labute approximate surface area is 120 Å². The Kier molecular flexibility index (Phi) is 4.21. The van der Waals surface area contributed by atoms with Gasteiger partial charge in [-0.25, -0.2) is 0 Å². The van der Waals surface area contributed by atoms with Crippen LogP contribution in [0.5, 0.6) is 0 Å². The monoisotopic (exact) mass is 279 g/mol. The highest BCUT2D eigenvalue weighted by atomic mass is 16.5. The zero-order chi connectivity index (χ0) is 13.9. The summed E-state index contributed by atoms with van der Waals surface area (Å²) in [5.74, 6) is 2.07. The van der Waals surface area contributed by atoms with Crippen LogP contribution >= 0.6 is 0 Å². The molecule has 20 heavy (non-hydrogen) atoms. The fourth-order valence-corrected chi connectivity index (χ4v) is 3.16. The molecule has 1 aliphatic heterocycles. The Morgan fingerprint density at radius 3 is 2.45 bits per heavy atom. The Bertz CT molecular complexity index is 419. The van der Waals surface area contributed by atoms with E-state index in [4.69, 9.17) is 4.52 Å². The van der Waals surface area contributed by atoms with Gasteiger partial charge in [0.05, 0.1) is 0 Å². The van der Waals surface area contributed by atoms with Crippen molar-refractivity contribution in [2.45, 2.75) is 37.6 Å². The first-order valence-corrected chi connectivity index (χ1v) is 7.70. The second-order valence-corrected chi connectivity index (χ2v) is 6.06. The number of aromatic nitrogens is 2. The van der Waals surface area contributed by atoms with E-state index in [-0.39, 0.29) is 0 Å². The normalized spacial score (nSPS) is 28.8. The molecule has 2 heterocycles. The molecule has 3 rings (SSSR count). The van der Waals surface area contributed by atoms with Gasteiger partial charge in [-0.3, -0.25) is 0 Å². The summed E-state index contributed by atoms with van der Waals surface area (Å²) >= 11 is 0. The number of nitrogens with zero attached hydrogens (tertiary/aromatic N) is 4. The van der Waals surface area contributed by atoms with E-state index in [9.17, 15) is 0 Å². The van der Waals surface area contributed by atoms with Gasteiger partial charge in [0.25, 0.3) is 5.95 Å². The fraction of sp³-hybridized carbons (Fsp3) is 0.857. The molecule has 112 valence electrons. The van der Waals surface area contributed by atoms with E-state index in [0.717, 1.165) is 50.9 Å². The highest BCUT2D eigenvalue weighted by Gasteiger charge is 2.27. The Morgan fingerprint density at radius 1 is 1.10 bits per heavy atom. The molecule has 1 saturated heterocycles. The van der Waals surface area contributed by atoms with Crippen molar-refractivity contribution in [2.75, 3.05) is 45.2 Å². The van der Waals surface area contributed by atoms with Crippen molar-refractivity contribution in [3.8, 4) is 0 Å². The van der Waals surface area contributed by atoms with Gasteiger partial charge in [0.2, 0.25) is 5.89 Å². The number of piperazine rings is 1. The molecule has 1 aromatic rings. The SMILES string of the molecule is CNC1CCC(c2nc(N3CCN(C)CC3)no2)CC1. The zero-order valence-corrected chi connectivity index (χ0v) is 12.5. The second kappa shape index (κ2) is 6.10. The summed E-state index contributed by atoms with van der Waals surface area (Å²) in [5.41, 5.74) is 0. The molecule has 1 aromatic heterocycles. The molecule has 0 spiro atoms. The van der Waals surface area contributed by atoms with Crippen molar-refractivity contribution in [2.24, 2.45) is 0 Å². The van der Waals surface area contributed by atoms with Gasteiger partial charge in [0, 0.05) is 38.1 Å². The van der Waals surface area contributed by atoms with Gasteiger partial charge >= 0.3 is 0 Å². The number of likely N-dealkylation sites (N-methyl/N-ethyl adjacent to an activating group) is 1. The summed E-state index contributed by atoms with van der Waals surface area (Å²) in [6.07, 6.45) is 4.70. The summed E-state index contributed by atoms with van der Waals surface area (Å²) in [6.45, 7) is 4.11. The highest BCUT2D eigenvalue weighted by molar-refractivity contribution is 5.29. The maximum atomic E-state index is 5.52. The minimum Gasteiger partial charge on any atom is -0.337 e. The molecule has 1 saturated carbocycles. The van der Waals surface area contributed by atoms with E-state index in [1.165, 1.54) is 12.8 Å². The first kappa shape index (κ1) is 13.8. The predicted octanol–water partition coefficient (Wildman–Crippen LogP) is 1.07. The number of rotatable bonds is 3. The van der Waals surface area contributed by atoms with Crippen LogP contribution in [0.15, 0.2) is 4.52 Å². The lowest BCUT2D eigenvalue weighted by molar-refractivity contribution is 0.287. The van der Waals surface area contributed by atoms with Gasteiger partial charge < -0.3 is 19.6 Å². The number of hydrogen-bond donors (Lipinski definition) is 1. The van der Waals surface area contributed by atoms with E-state index in [2.05, 4.69) is 32.3 Å². The molecular weight excluding hydrogens is 254 g/mol. The van der Waals surface area contributed by atoms with E-state index < -0.39 is 0 Å². The molecular formula is C14H25N5O. The minimum absolute atomic E-state index is 0.452. The van der Waals surface area contributed by atoms with Gasteiger partial charge in [-0.2, -0.15) is 4.98 Å². The average molecular weight is 279 g/mol. The second-order valence-electron chi connectivity index (χ2n) is 6.06. The molecule has 6 nitrogen and oxygen atoms in total. The highest BCUT2D eigenvalue weighted by Crippen LogP contribution is 2.32. The van der Waals surface area contributed by atoms with Crippen LogP contribution in [0.25, 0.3) is 0 Å². The third kappa shape index (κ3) is 2.96. The van der Waals surface area contributed by atoms with Crippen molar-refractivity contribution in [3.63, 3.8) is 0 Å². The standard InChI is InChI=1S/C14H25N5O/c1-15-12-5-3-11(4-6-12)13-16-14(17-20-13)19-9-7-18(2)8-10-19/h11-12,15H,3-10H2,1-2H3. The molecule has 2 fully saturated rings.